The van der Waals surface area contributed by atoms with E-state index in [1.54, 1.807) is 23.1 Å². The molecular formula is C31H30BrNO5. The number of hydrogen-bond donors (Lipinski definition) is 0. The van der Waals surface area contributed by atoms with E-state index in [1.807, 2.05) is 55.5 Å². The Balaban J connectivity index is 1.56. The van der Waals surface area contributed by atoms with Crippen molar-refractivity contribution in [2.45, 2.75) is 45.6 Å². The molecule has 3 aromatic carbocycles. The second-order valence-electron chi connectivity index (χ2n) is 9.30. The van der Waals surface area contributed by atoms with Crippen LogP contribution in [0.4, 0.5) is 5.69 Å². The number of benzene rings is 3. The van der Waals surface area contributed by atoms with Crippen molar-refractivity contribution >= 4 is 38.5 Å². The predicted octanol–water partition coefficient (Wildman–Crippen LogP) is 7.66. The Kier molecular flexibility index (Phi) is 7.84. The maximum atomic E-state index is 13.8. The van der Waals surface area contributed by atoms with Gasteiger partial charge in [-0.05, 0) is 73.5 Å². The van der Waals surface area contributed by atoms with Gasteiger partial charge in [0.25, 0.3) is 5.91 Å². The molecule has 1 aliphatic rings. The number of amides is 1. The predicted molar refractivity (Wildman–Crippen MR) is 153 cm³/mol. The summed E-state index contributed by atoms with van der Waals surface area (Å²) in [7, 11) is 0. The Labute approximate surface area is 230 Å². The summed E-state index contributed by atoms with van der Waals surface area (Å²) >= 11 is 3.45. The number of anilines is 1. The first-order chi connectivity index (χ1) is 18.5. The number of nitrogens with zero attached hydrogens (tertiary/aromatic N) is 1. The van der Waals surface area contributed by atoms with Crippen LogP contribution in [0, 0.1) is 0 Å². The summed E-state index contributed by atoms with van der Waals surface area (Å²) in [5.74, 6) is 1.19. The molecule has 0 saturated heterocycles. The highest BCUT2D eigenvalue weighted by Crippen LogP contribution is 2.42. The molecule has 38 heavy (non-hydrogen) atoms. The monoisotopic (exact) mass is 575 g/mol. The topological polar surface area (TPSA) is 69.0 Å². The minimum Gasteiger partial charge on any atom is -0.494 e. The van der Waals surface area contributed by atoms with Crippen LogP contribution in [0.25, 0.3) is 11.0 Å². The van der Waals surface area contributed by atoms with Crippen LogP contribution >= 0.6 is 15.9 Å². The number of unbranched alkanes of at least 4 members (excludes halogenated alkanes) is 3. The van der Waals surface area contributed by atoms with E-state index in [0.717, 1.165) is 28.6 Å². The van der Waals surface area contributed by atoms with Gasteiger partial charge in [-0.1, -0.05) is 54.2 Å². The van der Waals surface area contributed by atoms with Gasteiger partial charge in [-0.25, -0.2) is 0 Å². The molecule has 1 amide bonds. The van der Waals surface area contributed by atoms with E-state index in [9.17, 15) is 9.59 Å². The van der Waals surface area contributed by atoms with Gasteiger partial charge >= 0.3 is 0 Å². The van der Waals surface area contributed by atoms with Gasteiger partial charge in [0.05, 0.1) is 30.2 Å². The van der Waals surface area contributed by atoms with Gasteiger partial charge in [0.1, 0.15) is 17.1 Å². The van der Waals surface area contributed by atoms with E-state index in [0.29, 0.717) is 41.2 Å². The van der Waals surface area contributed by atoms with Gasteiger partial charge in [0.2, 0.25) is 5.76 Å². The zero-order chi connectivity index (χ0) is 26.6. The lowest BCUT2D eigenvalue weighted by Crippen LogP contribution is -2.29. The molecule has 1 aliphatic heterocycles. The van der Waals surface area contributed by atoms with Crippen LogP contribution in [-0.4, -0.2) is 19.1 Å². The fraction of sp³-hybridized carbons (Fsp3) is 0.290. The molecule has 5 rings (SSSR count). The second-order valence-corrected chi connectivity index (χ2v) is 10.2. The van der Waals surface area contributed by atoms with E-state index < -0.39 is 6.04 Å². The lowest BCUT2D eigenvalue weighted by atomic mass is 9.98. The van der Waals surface area contributed by atoms with Crippen LogP contribution in [0.5, 0.6) is 11.5 Å². The Morgan fingerprint density at radius 2 is 1.58 bits per heavy atom. The summed E-state index contributed by atoms with van der Waals surface area (Å²) in [6.45, 7) is 5.31. The van der Waals surface area contributed by atoms with E-state index in [1.165, 1.54) is 12.8 Å². The maximum absolute atomic E-state index is 13.8. The summed E-state index contributed by atoms with van der Waals surface area (Å²) < 4.78 is 18.3. The fourth-order valence-corrected chi connectivity index (χ4v) is 5.22. The minimum atomic E-state index is -0.645. The molecule has 0 saturated carbocycles. The zero-order valence-electron chi connectivity index (χ0n) is 21.5. The Morgan fingerprint density at radius 3 is 2.29 bits per heavy atom. The molecule has 0 fully saturated rings. The summed E-state index contributed by atoms with van der Waals surface area (Å²) in [5.41, 5.74) is 1.94. The van der Waals surface area contributed by atoms with Gasteiger partial charge in [0.15, 0.2) is 5.43 Å². The average Bonchev–Trinajstić information content (AvgIpc) is 3.22. The Bertz CT molecular complexity index is 1490. The Morgan fingerprint density at radius 1 is 0.868 bits per heavy atom. The molecule has 0 N–H and O–H groups in total. The average molecular weight is 576 g/mol. The van der Waals surface area contributed by atoms with Crippen LogP contribution in [0.1, 0.15) is 67.3 Å². The molecule has 1 aromatic heterocycles. The van der Waals surface area contributed by atoms with Crippen molar-refractivity contribution < 1.29 is 18.7 Å². The molecule has 6 nitrogen and oxygen atoms in total. The van der Waals surface area contributed by atoms with Crippen molar-refractivity contribution in [2.24, 2.45) is 0 Å². The van der Waals surface area contributed by atoms with Crippen molar-refractivity contribution in [3.05, 3.63) is 98.3 Å². The van der Waals surface area contributed by atoms with E-state index in [2.05, 4.69) is 22.9 Å². The molecule has 0 aliphatic carbocycles. The SMILES string of the molecule is CCCCCCOc1ccc(C2c3c(oc4ccc(Br)cc4c3=O)C(=O)N2c2ccc(OCC)cc2)cc1. The number of ether oxygens (including phenoxy) is 2. The third-order valence-electron chi connectivity index (χ3n) is 6.72. The molecule has 7 heteroatoms. The quantitative estimate of drug-likeness (QED) is 0.181. The first-order valence-corrected chi connectivity index (χ1v) is 13.9. The smallest absolute Gasteiger partial charge is 0.295 e. The van der Waals surface area contributed by atoms with E-state index >= 15 is 0 Å². The molecule has 1 atom stereocenters. The summed E-state index contributed by atoms with van der Waals surface area (Å²) in [6.07, 6.45) is 4.54. The number of carbonyl (C=O) groups is 1. The first kappa shape index (κ1) is 26.0. The number of rotatable bonds is 10. The number of halogens is 1. The van der Waals surface area contributed by atoms with Crippen LogP contribution in [-0.2, 0) is 0 Å². The molecule has 0 bridgehead atoms. The van der Waals surface area contributed by atoms with Crippen LogP contribution in [0.2, 0.25) is 0 Å². The highest BCUT2D eigenvalue weighted by atomic mass is 79.9. The van der Waals surface area contributed by atoms with E-state index in [4.69, 9.17) is 13.9 Å². The molecule has 4 aromatic rings. The molecule has 196 valence electrons. The van der Waals surface area contributed by atoms with Crippen molar-refractivity contribution in [1.82, 2.24) is 0 Å². The Hall–Kier alpha value is -3.58. The largest absolute Gasteiger partial charge is 0.494 e. The second kappa shape index (κ2) is 11.4. The third kappa shape index (κ3) is 5.07. The van der Waals surface area contributed by atoms with Gasteiger partial charge in [-0.3, -0.25) is 14.5 Å². The first-order valence-electron chi connectivity index (χ1n) is 13.1. The van der Waals surface area contributed by atoms with E-state index in [-0.39, 0.29) is 17.1 Å². The van der Waals surface area contributed by atoms with Gasteiger partial charge in [0, 0.05) is 10.2 Å². The summed E-state index contributed by atoms with van der Waals surface area (Å²) in [6, 6.07) is 19.5. The maximum Gasteiger partial charge on any atom is 0.295 e. The lowest BCUT2D eigenvalue weighted by molar-refractivity contribution is 0.0971. The molecule has 0 radical (unpaired) electrons. The van der Waals surface area contributed by atoms with Gasteiger partial charge in [-0.15, -0.1) is 0 Å². The van der Waals surface area contributed by atoms with Gasteiger partial charge < -0.3 is 13.9 Å². The zero-order valence-corrected chi connectivity index (χ0v) is 23.1. The molecular weight excluding hydrogens is 546 g/mol. The number of carbonyl (C=O) groups excluding carboxylic acids is 1. The standard InChI is InChI=1S/C31H30BrNO5/c1-3-5-6-7-18-37-24-13-8-20(9-14-24)28-27-29(34)25-19-21(32)10-17-26(25)38-30(27)31(35)33(28)22-11-15-23(16-12-22)36-4-2/h8-17,19,28H,3-7,18H2,1-2H3. The molecule has 2 heterocycles. The molecule has 0 spiro atoms. The third-order valence-corrected chi connectivity index (χ3v) is 7.21. The van der Waals surface area contributed by atoms with Crippen LogP contribution < -0.4 is 19.8 Å². The van der Waals surface area contributed by atoms with Crippen molar-refractivity contribution in [3.8, 4) is 11.5 Å². The fourth-order valence-electron chi connectivity index (χ4n) is 4.86. The van der Waals surface area contributed by atoms with Crippen molar-refractivity contribution in [3.63, 3.8) is 0 Å². The summed E-state index contributed by atoms with van der Waals surface area (Å²) in [4.78, 5) is 29.2. The minimum absolute atomic E-state index is 0.0694. The summed E-state index contributed by atoms with van der Waals surface area (Å²) in [5, 5.41) is 0.427. The normalized spacial score (nSPS) is 14.7. The van der Waals surface area contributed by atoms with Crippen LogP contribution in [0.15, 0.2) is 80.4 Å². The lowest BCUT2D eigenvalue weighted by Gasteiger charge is -2.25. The highest BCUT2D eigenvalue weighted by Gasteiger charge is 2.43. The van der Waals surface area contributed by atoms with Crippen molar-refractivity contribution in [2.75, 3.05) is 18.1 Å². The van der Waals surface area contributed by atoms with Gasteiger partial charge in [-0.2, -0.15) is 0 Å². The number of fused-ring (bicyclic) bond motifs is 2. The highest BCUT2D eigenvalue weighted by molar-refractivity contribution is 9.10. The van der Waals surface area contributed by atoms with Crippen molar-refractivity contribution in [1.29, 1.82) is 0 Å². The van der Waals surface area contributed by atoms with Crippen LogP contribution in [0.3, 0.4) is 0 Å². The molecule has 1 unspecified atom stereocenters. The number of hydrogen-bond acceptors (Lipinski definition) is 5.